The number of aliphatic imine (C=N–C) groups is 1. The molecule has 0 unspecified atom stereocenters. The molecule has 0 saturated heterocycles. The average molecular weight is 373 g/mol. The maximum Gasteiger partial charge on any atom is 0.363 e. The van der Waals surface area contributed by atoms with Crippen molar-refractivity contribution in [3.05, 3.63) is 79.9 Å². The summed E-state index contributed by atoms with van der Waals surface area (Å²) >= 11 is 3.33. The molecule has 0 fully saturated rings. The first kappa shape index (κ1) is 15.1. The van der Waals surface area contributed by atoms with Gasteiger partial charge in [-0.1, -0.05) is 15.9 Å². The van der Waals surface area contributed by atoms with E-state index in [9.17, 15) is 14.9 Å². The van der Waals surface area contributed by atoms with Crippen molar-refractivity contribution in [1.82, 2.24) is 0 Å². The van der Waals surface area contributed by atoms with Crippen LogP contribution in [-0.4, -0.2) is 16.8 Å². The van der Waals surface area contributed by atoms with Crippen LogP contribution in [0.1, 0.15) is 11.1 Å². The molecule has 0 amide bonds. The van der Waals surface area contributed by atoms with Crippen molar-refractivity contribution in [2.75, 3.05) is 0 Å². The molecule has 1 aliphatic heterocycles. The van der Waals surface area contributed by atoms with Crippen molar-refractivity contribution < 1.29 is 14.5 Å². The zero-order chi connectivity index (χ0) is 16.4. The van der Waals surface area contributed by atoms with E-state index in [0.717, 1.165) is 4.47 Å². The molecule has 0 radical (unpaired) electrons. The Morgan fingerprint density at radius 1 is 1.09 bits per heavy atom. The Kier molecular flexibility index (Phi) is 4.03. The van der Waals surface area contributed by atoms with Crippen LogP contribution in [0.2, 0.25) is 0 Å². The Balaban J connectivity index is 1.88. The van der Waals surface area contributed by atoms with Crippen LogP contribution in [0.5, 0.6) is 0 Å². The summed E-state index contributed by atoms with van der Waals surface area (Å²) in [4.78, 5) is 26.2. The fraction of sp³-hybridized carbons (Fsp3) is 0. The third-order valence-electron chi connectivity index (χ3n) is 3.12. The van der Waals surface area contributed by atoms with E-state index in [4.69, 9.17) is 4.74 Å². The monoisotopic (exact) mass is 372 g/mol. The molecule has 3 rings (SSSR count). The molecular formula is C16H9BrN2O4. The molecule has 2 aromatic rings. The predicted octanol–water partition coefficient (Wildman–Crippen LogP) is 3.70. The zero-order valence-electron chi connectivity index (χ0n) is 11.6. The topological polar surface area (TPSA) is 81.8 Å². The number of cyclic esters (lactones) is 1. The maximum atomic E-state index is 11.9. The van der Waals surface area contributed by atoms with Gasteiger partial charge < -0.3 is 4.74 Å². The number of hydrogen-bond donors (Lipinski definition) is 0. The molecule has 7 heteroatoms. The lowest BCUT2D eigenvalue weighted by Gasteiger charge is -1.98. The lowest BCUT2D eigenvalue weighted by molar-refractivity contribution is -0.384. The first-order chi connectivity index (χ1) is 11.0. The number of non-ortho nitro benzene ring substituents is 1. The van der Waals surface area contributed by atoms with Crippen molar-refractivity contribution in [2.45, 2.75) is 0 Å². The fourth-order valence-corrected chi connectivity index (χ4v) is 2.24. The van der Waals surface area contributed by atoms with E-state index in [-0.39, 0.29) is 17.3 Å². The third-order valence-corrected chi connectivity index (χ3v) is 3.65. The van der Waals surface area contributed by atoms with Gasteiger partial charge in [-0.05, 0) is 48.0 Å². The molecular weight excluding hydrogens is 364 g/mol. The van der Waals surface area contributed by atoms with Gasteiger partial charge in [0, 0.05) is 22.2 Å². The Morgan fingerprint density at radius 3 is 2.35 bits per heavy atom. The number of carbonyl (C=O) groups is 1. The smallest absolute Gasteiger partial charge is 0.363 e. The van der Waals surface area contributed by atoms with Crippen LogP contribution < -0.4 is 0 Å². The minimum atomic E-state index is -0.554. The summed E-state index contributed by atoms with van der Waals surface area (Å²) in [5.41, 5.74) is 1.45. The molecule has 6 nitrogen and oxygen atoms in total. The molecule has 0 bridgehead atoms. The van der Waals surface area contributed by atoms with Gasteiger partial charge in [0.25, 0.3) is 5.69 Å². The van der Waals surface area contributed by atoms with Gasteiger partial charge in [-0.3, -0.25) is 10.1 Å². The molecule has 2 aromatic carbocycles. The highest BCUT2D eigenvalue weighted by atomic mass is 79.9. The van der Waals surface area contributed by atoms with Gasteiger partial charge in [0.1, 0.15) is 0 Å². The third kappa shape index (κ3) is 3.35. The van der Waals surface area contributed by atoms with Gasteiger partial charge in [0.15, 0.2) is 5.70 Å². The number of carbonyl (C=O) groups excluding carboxylic acids is 1. The van der Waals surface area contributed by atoms with E-state index in [1.165, 1.54) is 18.2 Å². The molecule has 114 valence electrons. The molecule has 0 spiro atoms. The lowest BCUT2D eigenvalue weighted by atomic mass is 10.2. The van der Waals surface area contributed by atoms with Gasteiger partial charge in [0.05, 0.1) is 4.92 Å². The summed E-state index contributed by atoms with van der Waals surface area (Å²) in [7, 11) is 0. The van der Waals surface area contributed by atoms with Crippen molar-refractivity contribution in [3.8, 4) is 0 Å². The molecule has 23 heavy (non-hydrogen) atoms. The largest absolute Gasteiger partial charge is 0.402 e. The number of halogens is 1. The van der Waals surface area contributed by atoms with E-state index in [1.807, 2.05) is 12.1 Å². The van der Waals surface area contributed by atoms with Crippen LogP contribution in [0.4, 0.5) is 5.69 Å². The number of nitro groups is 1. The van der Waals surface area contributed by atoms with Gasteiger partial charge in [-0.25, -0.2) is 9.79 Å². The van der Waals surface area contributed by atoms with E-state index in [0.29, 0.717) is 11.1 Å². The Bertz CT molecular complexity index is 839. The summed E-state index contributed by atoms with van der Waals surface area (Å²) in [6, 6.07) is 13.0. The summed E-state index contributed by atoms with van der Waals surface area (Å²) < 4.78 is 6.06. The van der Waals surface area contributed by atoms with Crippen LogP contribution in [-0.2, 0) is 9.53 Å². The highest BCUT2D eigenvalue weighted by Crippen LogP contribution is 2.21. The highest BCUT2D eigenvalue weighted by Gasteiger charge is 2.24. The van der Waals surface area contributed by atoms with Crippen molar-refractivity contribution >= 4 is 39.6 Å². The number of benzene rings is 2. The molecule has 1 heterocycles. The van der Waals surface area contributed by atoms with Gasteiger partial charge in [0.2, 0.25) is 5.90 Å². The lowest BCUT2D eigenvalue weighted by Crippen LogP contribution is -2.05. The van der Waals surface area contributed by atoms with Crippen LogP contribution in [0.15, 0.2) is 63.7 Å². The normalized spacial score (nSPS) is 15.4. The number of esters is 1. The second kappa shape index (κ2) is 6.13. The fourth-order valence-electron chi connectivity index (χ4n) is 1.98. The molecule has 0 aromatic heterocycles. The predicted molar refractivity (Wildman–Crippen MR) is 87.8 cm³/mol. The van der Waals surface area contributed by atoms with Crippen LogP contribution >= 0.6 is 15.9 Å². The molecule has 0 N–H and O–H groups in total. The van der Waals surface area contributed by atoms with E-state index >= 15 is 0 Å². The SMILES string of the molecule is O=C1OC(c2ccc(Br)cc2)=N/C1=C/c1ccc([N+](=O)[O-])cc1. The Morgan fingerprint density at radius 2 is 1.74 bits per heavy atom. The molecule has 0 saturated carbocycles. The van der Waals surface area contributed by atoms with Crippen LogP contribution in [0.3, 0.4) is 0 Å². The number of rotatable bonds is 3. The number of nitro benzene ring substituents is 1. The van der Waals surface area contributed by atoms with E-state index in [1.54, 1.807) is 24.3 Å². The molecule has 0 aliphatic carbocycles. The van der Waals surface area contributed by atoms with Gasteiger partial charge in [-0.2, -0.15) is 0 Å². The molecule has 1 aliphatic rings. The zero-order valence-corrected chi connectivity index (χ0v) is 13.2. The van der Waals surface area contributed by atoms with Gasteiger partial charge >= 0.3 is 5.97 Å². The van der Waals surface area contributed by atoms with Crippen LogP contribution in [0, 0.1) is 10.1 Å². The van der Waals surface area contributed by atoms with Crippen molar-refractivity contribution in [1.29, 1.82) is 0 Å². The second-order valence-corrected chi connectivity index (χ2v) is 5.61. The minimum absolute atomic E-state index is 0.0137. The van der Waals surface area contributed by atoms with Gasteiger partial charge in [-0.15, -0.1) is 0 Å². The summed E-state index contributed by atoms with van der Waals surface area (Å²) in [6.07, 6.45) is 1.53. The first-order valence-corrected chi connectivity index (χ1v) is 7.35. The van der Waals surface area contributed by atoms with E-state index in [2.05, 4.69) is 20.9 Å². The summed E-state index contributed by atoms with van der Waals surface area (Å²) in [6.45, 7) is 0. The Hall–Kier alpha value is -2.80. The van der Waals surface area contributed by atoms with Crippen molar-refractivity contribution in [3.63, 3.8) is 0 Å². The maximum absolute atomic E-state index is 11.9. The minimum Gasteiger partial charge on any atom is -0.402 e. The standard InChI is InChI=1S/C16H9BrN2O4/c17-12-5-3-11(4-6-12)15-18-14(16(20)23-15)9-10-1-7-13(8-2-10)19(21)22/h1-9H/b14-9+. The van der Waals surface area contributed by atoms with Crippen molar-refractivity contribution in [2.24, 2.45) is 4.99 Å². The average Bonchev–Trinajstić information content (AvgIpc) is 2.89. The summed E-state index contributed by atoms with van der Waals surface area (Å²) in [5, 5.41) is 10.6. The second-order valence-electron chi connectivity index (χ2n) is 4.69. The highest BCUT2D eigenvalue weighted by molar-refractivity contribution is 9.10. The summed E-state index contributed by atoms with van der Waals surface area (Å²) in [5.74, 6) is -0.322. The number of hydrogen-bond acceptors (Lipinski definition) is 5. The number of nitrogens with zero attached hydrogens (tertiary/aromatic N) is 2. The first-order valence-electron chi connectivity index (χ1n) is 6.56. The molecule has 0 atom stereocenters. The Labute approximate surface area is 139 Å². The van der Waals surface area contributed by atoms with Crippen LogP contribution in [0.25, 0.3) is 6.08 Å². The quantitative estimate of drug-likeness (QED) is 0.356. The van der Waals surface area contributed by atoms with E-state index < -0.39 is 10.9 Å². The number of ether oxygens (including phenoxy) is 1.